The molecule has 0 aromatic heterocycles. The van der Waals surface area contributed by atoms with Gasteiger partial charge in [-0.1, -0.05) is 181 Å². The van der Waals surface area contributed by atoms with E-state index in [1.165, 1.54) is 113 Å². The molecule has 0 fully saturated rings. The van der Waals surface area contributed by atoms with Gasteiger partial charge in [0.25, 0.3) is 6.71 Å². The molecule has 0 radical (unpaired) electrons. The second kappa shape index (κ2) is 15.1. The van der Waals surface area contributed by atoms with Gasteiger partial charge in [-0.3, -0.25) is 0 Å². The fourth-order valence-electron chi connectivity index (χ4n) is 11.2. The summed E-state index contributed by atoms with van der Waals surface area (Å²) in [6.07, 6.45) is 2.33. The van der Waals surface area contributed by atoms with Gasteiger partial charge >= 0.3 is 0 Å². The Morgan fingerprint density at radius 2 is 0.909 bits per heavy atom. The average Bonchev–Trinajstić information content (AvgIpc) is 3.26. The van der Waals surface area contributed by atoms with Crippen molar-refractivity contribution in [3.8, 4) is 22.3 Å². The summed E-state index contributed by atoms with van der Waals surface area (Å²) < 4.78 is 0. The maximum absolute atomic E-state index is 2.68. The molecule has 3 heteroatoms. The Morgan fingerprint density at radius 1 is 0.424 bits per heavy atom. The second-order valence-corrected chi connectivity index (χ2v) is 24.3. The lowest BCUT2D eigenvalue weighted by Crippen LogP contribution is -2.62. The van der Waals surface area contributed by atoms with Crippen LogP contribution in [0, 0.1) is 6.92 Å². The molecule has 0 saturated carbocycles. The van der Waals surface area contributed by atoms with Crippen LogP contribution in [0.5, 0.6) is 0 Å². The highest BCUT2D eigenvalue weighted by Crippen LogP contribution is 2.52. The zero-order valence-corrected chi connectivity index (χ0v) is 42.2. The van der Waals surface area contributed by atoms with Crippen molar-refractivity contribution in [2.45, 2.75) is 137 Å². The van der Waals surface area contributed by atoms with Gasteiger partial charge in [0.1, 0.15) is 0 Å². The van der Waals surface area contributed by atoms with E-state index in [0.717, 1.165) is 6.42 Å². The van der Waals surface area contributed by atoms with Crippen LogP contribution < -0.4 is 26.2 Å². The van der Waals surface area contributed by atoms with E-state index in [-0.39, 0.29) is 33.8 Å². The third kappa shape index (κ3) is 7.33. The smallest absolute Gasteiger partial charge is 0.252 e. The lowest BCUT2D eigenvalue weighted by molar-refractivity contribution is 0.332. The van der Waals surface area contributed by atoms with Gasteiger partial charge in [-0.15, -0.1) is 0 Å². The van der Waals surface area contributed by atoms with Crippen molar-refractivity contribution in [2.24, 2.45) is 0 Å². The van der Waals surface area contributed by atoms with Crippen LogP contribution in [0.3, 0.4) is 0 Å². The summed E-state index contributed by atoms with van der Waals surface area (Å²) in [6.45, 7) is 33.2. The summed E-state index contributed by atoms with van der Waals surface area (Å²) >= 11 is 0. The lowest BCUT2D eigenvalue weighted by Gasteiger charge is -2.48. The number of hydrogen-bond donors (Lipinski definition) is 0. The van der Waals surface area contributed by atoms with Crippen molar-refractivity contribution < 1.29 is 0 Å². The van der Waals surface area contributed by atoms with E-state index < -0.39 is 0 Å². The Labute approximate surface area is 397 Å². The normalized spacial score (nSPS) is 16.1. The summed E-state index contributed by atoms with van der Waals surface area (Å²) in [4.78, 5) is 5.26. The van der Waals surface area contributed by atoms with E-state index in [0.29, 0.717) is 0 Å². The molecule has 0 bridgehead atoms. The Morgan fingerprint density at radius 3 is 1.50 bits per heavy atom. The van der Waals surface area contributed by atoms with Crippen molar-refractivity contribution in [1.82, 2.24) is 0 Å². The number of benzene rings is 7. The maximum atomic E-state index is 2.68. The molecule has 3 aliphatic rings. The van der Waals surface area contributed by atoms with Crippen molar-refractivity contribution in [1.29, 1.82) is 0 Å². The molecule has 1 aliphatic carbocycles. The van der Waals surface area contributed by atoms with Crippen molar-refractivity contribution in [2.75, 3.05) is 9.80 Å². The van der Waals surface area contributed by atoms with E-state index in [9.17, 15) is 0 Å². The highest BCUT2D eigenvalue weighted by atomic mass is 15.2. The van der Waals surface area contributed by atoms with Crippen molar-refractivity contribution in [3.05, 3.63) is 173 Å². The van der Waals surface area contributed by atoms with Gasteiger partial charge in [0, 0.05) is 34.0 Å². The molecule has 0 N–H and O–H groups in total. The van der Waals surface area contributed by atoms with Gasteiger partial charge in [0.15, 0.2) is 0 Å². The van der Waals surface area contributed by atoms with Crippen molar-refractivity contribution in [3.63, 3.8) is 0 Å². The Kier molecular flexibility index (Phi) is 10.1. The van der Waals surface area contributed by atoms with E-state index in [1.807, 2.05) is 0 Å². The molecule has 2 heterocycles. The zero-order chi connectivity index (χ0) is 46.9. The lowest BCUT2D eigenvalue weighted by atomic mass is 9.33. The van der Waals surface area contributed by atoms with Crippen LogP contribution in [-0.4, -0.2) is 6.71 Å². The Bertz CT molecular complexity index is 3020. The van der Waals surface area contributed by atoms with Crippen LogP contribution in [0.1, 0.15) is 136 Å². The van der Waals surface area contributed by atoms with Crippen LogP contribution in [0.2, 0.25) is 0 Å². The fraction of sp³-hybridized carbons (Fsp3) is 0.333. The van der Waals surface area contributed by atoms with Gasteiger partial charge in [0.2, 0.25) is 0 Å². The molecule has 7 aromatic rings. The minimum absolute atomic E-state index is 0.0181. The fourth-order valence-corrected chi connectivity index (χ4v) is 11.2. The van der Waals surface area contributed by atoms with E-state index in [4.69, 9.17) is 0 Å². The highest BCUT2D eigenvalue weighted by molar-refractivity contribution is 7.00. The van der Waals surface area contributed by atoms with Gasteiger partial charge in [-0.05, 0) is 162 Å². The molecule has 2 nitrogen and oxygen atoms in total. The molecule has 0 unspecified atom stereocenters. The number of rotatable bonds is 4. The third-order valence-corrected chi connectivity index (χ3v) is 15.4. The molecule has 0 atom stereocenters. The topological polar surface area (TPSA) is 6.48 Å². The van der Waals surface area contributed by atoms with Crippen molar-refractivity contribution >= 4 is 57.2 Å². The van der Waals surface area contributed by atoms with E-state index >= 15 is 0 Å². The quantitative estimate of drug-likeness (QED) is 0.163. The van der Waals surface area contributed by atoms with Gasteiger partial charge in [-0.25, -0.2) is 0 Å². The minimum Gasteiger partial charge on any atom is -0.311 e. The summed E-state index contributed by atoms with van der Waals surface area (Å²) in [5.74, 6) is 0. The number of aryl methyl sites for hydroxylation is 1. The molecule has 66 heavy (non-hydrogen) atoms. The van der Waals surface area contributed by atoms with Crippen LogP contribution in [0.15, 0.2) is 140 Å². The van der Waals surface area contributed by atoms with Gasteiger partial charge in [-0.2, -0.15) is 0 Å². The highest BCUT2D eigenvalue weighted by Gasteiger charge is 2.47. The molecular weight excluding hydrogens is 796 g/mol. The van der Waals surface area contributed by atoms with Gasteiger partial charge < -0.3 is 9.80 Å². The molecule has 0 saturated heterocycles. The largest absolute Gasteiger partial charge is 0.311 e. The zero-order valence-electron chi connectivity index (χ0n) is 42.2. The first-order chi connectivity index (χ1) is 31.0. The first kappa shape index (κ1) is 44.1. The van der Waals surface area contributed by atoms with E-state index in [2.05, 4.69) is 246 Å². The minimum atomic E-state index is -0.0309. The SMILES string of the molecule is Cc1cc2c3c(c1)N(c1ccc(C(C)(C)C)cc1-c1ccc(-c4ccccc4)cc1)c1cc4c(cc1B3c1cc(C(C)(C)C)ccc1N2c1ccc(C(C)(C)C)cc1)C(C)(C)CCC4(C)C. The maximum Gasteiger partial charge on any atom is 0.252 e. The van der Waals surface area contributed by atoms with Gasteiger partial charge in [0.05, 0.1) is 5.69 Å². The first-order valence-corrected chi connectivity index (χ1v) is 24.5. The number of anilines is 6. The van der Waals surface area contributed by atoms with E-state index in [1.54, 1.807) is 0 Å². The average molecular weight is 865 g/mol. The molecule has 334 valence electrons. The summed E-state index contributed by atoms with van der Waals surface area (Å²) in [7, 11) is 0. The second-order valence-electron chi connectivity index (χ2n) is 24.3. The van der Waals surface area contributed by atoms with Crippen LogP contribution in [-0.2, 0) is 27.1 Å². The van der Waals surface area contributed by atoms with Crippen LogP contribution in [0.25, 0.3) is 22.3 Å². The molecule has 0 amide bonds. The summed E-state index contributed by atoms with van der Waals surface area (Å²) in [5, 5.41) is 0. The first-order valence-electron chi connectivity index (χ1n) is 24.5. The number of nitrogens with zero attached hydrogens (tertiary/aromatic N) is 2. The summed E-state index contributed by atoms with van der Waals surface area (Å²) in [6, 6.07) is 54.4. The molecule has 0 spiro atoms. The predicted molar refractivity (Wildman–Crippen MR) is 287 cm³/mol. The number of hydrogen-bond acceptors (Lipinski definition) is 2. The number of fused-ring (bicyclic) bond motifs is 5. The predicted octanol–water partition coefficient (Wildman–Crippen LogP) is 15.7. The molecule has 7 aromatic carbocycles. The van der Waals surface area contributed by atoms with Crippen LogP contribution in [0.4, 0.5) is 34.1 Å². The molecule has 2 aliphatic heterocycles. The molecule has 10 rings (SSSR count). The molecular formula is C63H69BN2. The van der Waals surface area contributed by atoms with Crippen LogP contribution >= 0.6 is 0 Å². The Hall–Kier alpha value is -5.80. The Balaban J connectivity index is 1.31. The summed E-state index contributed by atoms with van der Waals surface area (Å²) in [5.41, 5.74) is 25.0. The standard InChI is InChI=1S/C63H69BN2/c1-40-34-56-58-57(35-40)66(53-30-26-45(60(5,6)7)36-48(53)43-22-20-42(21-23-43)41-18-16-15-17-19-41)55-39-50-49(62(11,12)32-33-63(50,13)14)38-52(55)64(58)51-37-46(61(8,9)10)27-31-54(51)65(56)47-28-24-44(25-29-47)59(2,3)4/h15-31,34-39H,32-33H2,1-14H3. The third-order valence-electron chi connectivity index (χ3n) is 15.4. The monoisotopic (exact) mass is 865 g/mol.